The molecule has 0 amide bonds. The number of fused-ring (bicyclic) bond motifs is 4. The lowest BCUT2D eigenvalue weighted by molar-refractivity contribution is 0.660. The Balaban J connectivity index is 1.70. The SMILES string of the molecule is Cc1ccc2ccc(-c3ccc4c(c3)-c3ccccc3C4(C)C)cc2c1. The van der Waals surface area contributed by atoms with E-state index in [0.717, 1.165) is 0 Å². The van der Waals surface area contributed by atoms with Crippen LogP contribution in [0.2, 0.25) is 0 Å². The van der Waals surface area contributed by atoms with Gasteiger partial charge in [0.1, 0.15) is 0 Å². The third-order valence-electron chi connectivity index (χ3n) is 5.91. The molecule has 0 nitrogen and oxygen atoms in total. The zero-order chi connectivity index (χ0) is 17.9. The van der Waals surface area contributed by atoms with Crippen LogP contribution >= 0.6 is 0 Å². The second-order valence-electron chi connectivity index (χ2n) is 8.00. The lowest BCUT2D eigenvalue weighted by atomic mass is 9.82. The molecular weight excluding hydrogens is 312 g/mol. The summed E-state index contributed by atoms with van der Waals surface area (Å²) in [4.78, 5) is 0. The van der Waals surface area contributed by atoms with Gasteiger partial charge in [0, 0.05) is 5.41 Å². The molecule has 0 atom stereocenters. The Labute approximate surface area is 155 Å². The second kappa shape index (κ2) is 5.32. The van der Waals surface area contributed by atoms with E-state index in [9.17, 15) is 0 Å². The first-order chi connectivity index (χ1) is 12.5. The molecule has 0 radical (unpaired) electrons. The molecule has 0 bridgehead atoms. The summed E-state index contributed by atoms with van der Waals surface area (Å²) >= 11 is 0. The van der Waals surface area contributed by atoms with Gasteiger partial charge in [0.2, 0.25) is 0 Å². The van der Waals surface area contributed by atoms with Gasteiger partial charge in [0.25, 0.3) is 0 Å². The van der Waals surface area contributed by atoms with Gasteiger partial charge in [-0.15, -0.1) is 0 Å². The summed E-state index contributed by atoms with van der Waals surface area (Å²) in [6, 6.07) is 29.3. The van der Waals surface area contributed by atoms with Gasteiger partial charge in [-0.1, -0.05) is 86.1 Å². The van der Waals surface area contributed by atoms with Crippen LogP contribution in [0.3, 0.4) is 0 Å². The third kappa shape index (κ3) is 2.15. The van der Waals surface area contributed by atoms with Crippen LogP contribution in [0.4, 0.5) is 0 Å². The van der Waals surface area contributed by atoms with E-state index in [2.05, 4.69) is 99.6 Å². The molecule has 0 unspecified atom stereocenters. The average molecular weight is 334 g/mol. The maximum Gasteiger partial charge on any atom is 0.0158 e. The van der Waals surface area contributed by atoms with Crippen LogP contribution in [0.15, 0.2) is 78.9 Å². The van der Waals surface area contributed by atoms with Crippen LogP contribution in [0.1, 0.15) is 30.5 Å². The van der Waals surface area contributed by atoms with Crippen molar-refractivity contribution in [2.75, 3.05) is 0 Å². The Morgan fingerprint density at radius 3 is 2.15 bits per heavy atom. The first kappa shape index (κ1) is 15.4. The quantitative estimate of drug-likeness (QED) is 0.347. The average Bonchev–Trinajstić information content (AvgIpc) is 2.89. The summed E-state index contributed by atoms with van der Waals surface area (Å²) in [5, 5.41) is 2.61. The van der Waals surface area contributed by atoms with Crippen molar-refractivity contribution >= 4 is 10.8 Å². The highest BCUT2D eigenvalue weighted by molar-refractivity contribution is 5.90. The molecule has 5 rings (SSSR count). The van der Waals surface area contributed by atoms with E-state index in [1.807, 2.05) is 0 Å². The molecule has 1 aliphatic rings. The van der Waals surface area contributed by atoms with Gasteiger partial charge in [-0.2, -0.15) is 0 Å². The maximum atomic E-state index is 2.37. The molecule has 0 heterocycles. The van der Waals surface area contributed by atoms with Crippen LogP contribution in [0.25, 0.3) is 33.0 Å². The van der Waals surface area contributed by atoms with Gasteiger partial charge in [-0.05, 0) is 63.2 Å². The van der Waals surface area contributed by atoms with Crippen LogP contribution in [0, 0.1) is 6.92 Å². The van der Waals surface area contributed by atoms with E-state index in [1.54, 1.807) is 0 Å². The Morgan fingerprint density at radius 1 is 0.577 bits per heavy atom. The summed E-state index contributed by atoms with van der Waals surface area (Å²) in [6.07, 6.45) is 0. The number of hydrogen-bond donors (Lipinski definition) is 0. The van der Waals surface area contributed by atoms with Crippen molar-refractivity contribution < 1.29 is 0 Å². The van der Waals surface area contributed by atoms with Crippen molar-refractivity contribution in [2.45, 2.75) is 26.2 Å². The fourth-order valence-corrected chi connectivity index (χ4v) is 4.45. The fourth-order valence-electron chi connectivity index (χ4n) is 4.45. The van der Waals surface area contributed by atoms with Crippen LogP contribution in [0.5, 0.6) is 0 Å². The molecule has 0 heteroatoms. The normalized spacial score (nSPS) is 14.3. The van der Waals surface area contributed by atoms with Crippen molar-refractivity contribution in [2.24, 2.45) is 0 Å². The minimum atomic E-state index is 0.0744. The van der Waals surface area contributed by atoms with E-state index >= 15 is 0 Å². The second-order valence-corrected chi connectivity index (χ2v) is 8.00. The van der Waals surface area contributed by atoms with Crippen LogP contribution in [-0.2, 0) is 5.41 Å². The summed E-state index contributed by atoms with van der Waals surface area (Å²) in [6.45, 7) is 6.81. The van der Waals surface area contributed by atoms with E-state index in [0.29, 0.717) is 0 Å². The summed E-state index contributed by atoms with van der Waals surface area (Å²) in [5.74, 6) is 0. The Hall–Kier alpha value is -2.86. The van der Waals surface area contributed by atoms with Gasteiger partial charge >= 0.3 is 0 Å². The molecule has 0 saturated carbocycles. The molecule has 4 aromatic rings. The topological polar surface area (TPSA) is 0 Å². The minimum Gasteiger partial charge on any atom is -0.0619 e. The summed E-state index contributed by atoms with van der Waals surface area (Å²) in [7, 11) is 0. The van der Waals surface area contributed by atoms with E-state index in [1.165, 1.54) is 49.7 Å². The van der Waals surface area contributed by atoms with E-state index in [-0.39, 0.29) is 5.41 Å². The first-order valence-electron chi connectivity index (χ1n) is 9.29. The van der Waals surface area contributed by atoms with Crippen molar-refractivity contribution in [3.8, 4) is 22.3 Å². The molecule has 0 aromatic heterocycles. The largest absolute Gasteiger partial charge is 0.0619 e. The van der Waals surface area contributed by atoms with Crippen molar-refractivity contribution in [1.82, 2.24) is 0 Å². The molecule has 0 N–H and O–H groups in total. The highest BCUT2D eigenvalue weighted by Crippen LogP contribution is 2.49. The molecule has 4 aromatic carbocycles. The number of rotatable bonds is 1. The lowest BCUT2D eigenvalue weighted by Crippen LogP contribution is -2.14. The van der Waals surface area contributed by atoms with Crippen molar-refractivity contribution in [1.29, 1.82) is 0 Å². The van der Waals surface area contributed by atoms with Crippen molar-refractivity contribution in [3.05, 3.63) is 95.6 Å². The molecule has 0 aliphatic heterocycles. The number of aryl methyl sites for hydroxylation is 1. The Kier molecular flexibility index (Phi) is 3.15. The molecule has 0 spiro atoms. The predicted octanol–water partition coefficient (Wildman–Crippen LogP) is 7.12. The predicted molar refractivity (Wildman–Crippen MR) is 112 cm³/mol. The summed E-state index contributed by atoms with van der Waals surface area (Å²) < 4.78 is 0. The zero-order valence-corrected chi connectivity index (χ0v) is 15.5. The molecule has 1 aliphatic carbocycles. The molecule has 0 fully saturated rings. The maximum absolute atomic E-state index is 2.37. The highest BCUT2D eigenvalue weighted by Gasteiger charge is 2.34. The van der Waals surface area contributed by atoms with Gasteiger partial charge in [0.15, 0.2) is 0 Å². The first-order valence-corrected chi connectivity index (χ1v) is 9.29. The standard InChI is InChI=1S/C26H22/c1-17-8-9-18-10-11-19(15-21(18)14-17)20-12-13-25-23(16-20)22-6-4-5-7-24(22)26(25,2)3/h4-16H,1-3H3. The van der Waals surface area contributed by atoms with Gasteiger partial charge in [-0.3, -0.25) is 0 Å². The Bertz CT molecular complexity index is 1160. The van der Waals surface area contributed by atoms with Gasteiger partial charge in [0.05, 0.1) is 0 Å². The molecular formula is C26H22. The monoisotopic (exact) mass is 334 g/mol. The minimum absolute atomic E-state index is 0.0744. The smallest absolute Gasteiger partial charge is 0.0158 e. The fraction of sp³-hybridized carbons (Fsp3) is 0.154. The van der Waals surface area contributed by atoms with E-state index in [4.69, 9.17) is 0 Å². The summed E-state index contributed by atoms with van der Waals surface area (Å²) in [5.41, 5.74) is 9.58. The lowest BCUT2D eigenvalue weighted by Gasteiger charge is -2.21. The molecule has 126 valence electrons. The zero-order valence-electron chi connectivity index (χ0n) is 15.5. The number of hydrogen-bond acceptors (Lipinski definition) is 0. The van der Waals surface area contributed by atoms with E-state index < -0.39 is 0 Å². The molecule has 0 saturated heterocycles. The molecule has 26 heavy (non-hydrogen) atoms. The Morgan fingerprint density at radius 2 is 1.27 bits per heavy atom. The van der Waals surface area contributed by atoms with Crippen LogP contribution in [-0.4, -0.2) is 0 Å². The third-order valence-corrected chi connectivity index (χ3v) is 5.91. The van der Waals surface area contributed by atoms with Crippen molar-refractivity contribution in [3.63, 3.8) is 0 Å². The number of benzene rings is 4. The van der Waals surface area contributed by atoms with Gasteiger partial charge < -0.3 is 0 Å². The van der Waals surface area contributed by atoms with Gasteiger partial charge in [-0.25, -0.2) is 0 Å². The highest BCUT2D eigenvalue weighted by atomic mass is 14.4. The van der Waals surface area contributed by atoms with Crippen LogP contribution < -0.4 is 0 Å².